The number of nitrogens with zero attached hydrogens (tertiary/aromatic N) is 1. The van der Waals surface area contributed by atoms with E-state index in [1.807, 2.05) is 6.92 Å². The van der Waals surface area contributed by atoms with Crippen LogP contribution in [0.25, 0.3) is 0 Å². The molecule has 88 valence electrons. The van der Waals surface area contributed by atoms with Crippen molar-refractivity contribution in [2.24, 2.45) is 5.73 Å². The number of methoxy groups -OCH3 is 1. The molecule has 1 unspecified atom stereocenters. The maximum absolute atomic E-state index is 11.6. The lowest BCUT2D eigenvalue weighted by atomic mass is 10.2. The minimum absolute atomic E-state index is 0.0959. The summed E-state index contributed by atoms with van der Waals surface area (Å²) in [7, 11) is 1.44. The second-order valence-corrected chi connectivity index (χ2v) is 3.22. The third-order valence-electron chi connectivity index (χ3n) is 1.79. The maximum atomic E-state index is 11.6. The van der Waals surface area contributed by atoms with Crippen LogP contribution in [-0.2, 0) is 14.3 Å². The minimum Gasteiger partial charge on any atom is -0.480 e. The number of hydrogen-bond donors (Lipinski definition) is 2. The van der Waals surface area contributed by atoms with E-state index in [9.17, 15) is 9.59 Å². The molecule has 0 bridgehead atoms. The van der Waals surface area contributed by atoms with E-state index in [0.29, 0.717) is 13.0 Å². The number of amides is 1. The van der Waals surface area contributed by atoms with Crippen LogP contribution >= 0.6 is 0 Å². The lowest BCUT2D eigenvalue weighted by Crippen LogP contribution is -2.48. The Bertz CT molecular complexity index is 220. The van der Waals surface area contributed by atoms with Gasteiger partial charge in [-0.2, -0.15) is 0 Å². The van der Waals surface area contributed by atoms with Crippen molar-refractivity contribution in [3.05, 3.63) is 0 Å². The first-order valence-electron chi connectivity index (χ1n) is 4.78. The largest absolute Gasteiger partial charge is 0.480 e. The smallest absolute Gasteiger partial charge is 0.323 e. The van der Waals surface area contributed by atoms with Crippen LogP contribution in [0.1, 0.15) is 13.3 Å². The van der Waals surface area contributed by atoms with Crippen LogP contribution in [-0.4, -0.2) is 54.7 Å². The van der Waals surface area contributed by atoms with Crippen LogP contribution in [0.5, 0.6) is 0 Å². The molecule has 0 saturated heterocycles. The highest BCUT2D eigenvalue weighted by Gasteiger charge is 2.21. The molecule has 1 amide bonds. The second-order valence-electron chi connectivity index (χ2n) is 3.22. The highest BCUT2D eigenvalue weighted by Crippen LogP contribution is 1.96. The van der Waals surface area contributed by atoms with E-state index in [2.05, 4.69) is 0 Å². The number of carbonyl (C=O) groups is 2. The van der Waals surface area contributed by atoms with Crippen LogP contribution in [0.2, 0.25) is 0 Å². The van der Waals surface area contributed by atoms with Gasteiger partial charge in [0.05, 0.1) is 6.61 Å². The van der Waals surface area contributed by atoms with Gasteiger partial charge in [0.2, 0.25) is 5.91 Å². The van der Waals surface area contributed by atoms with Crippen LogP contribution in [0.4, 0.5) is 0 Å². The molecular formula is C9H18N2O4. The normalized spacial score (nSPS) is 12.2. The number of nitrogens with two attached hydrogens (primary N) is 1. The van der Waals surface area contributed by atoms with Crippen molar-refractivity contribution in [2.75, 3.05) is 26.8 Å². The molecule has 0 aliphatic carbocycles. The summed E-state index contributed by atoms with van der Waals surface area (Å²) in [5.41, 5.74) is 5.53. The highest BCUT2D eigenvalue weighted by molar-refractivity contribution is 5.85. The van der Waals surface area contributed by atoms with E-state index < -0.39 is 12.0 Å². The van der Waals surface area contributed by atoms with Crippen molar-refractivity contribution in [3.8, 4) is 0 Å². The van der Waals surface area contributed by atoms with E-state index in [1.165, 1.54) is 12.0 Å². The number of hydrogen-bond acceptors (Lipinski definition) is 4. The van der Waals surface area contributed by atoms with E-state index >= 15 is 0 Å². The maximum Gasteiger partial charge on any atom is 0.323 e. The standard InChI is InChI=1S/C9H18N2O4/c1-3-4-11(5-8(12)13)9(14)7(10)6-15-2/h7H,3-6,10H2,1-2H3,(H,12,13). The van der Waals surface area contributed by atoms with Crippen molar-refractivity contribution in [1.29, 1.82) is 0 Å². The fourth-order valence-corrected chi connectivity index (χ4v) is 1.19. The van der Waals surface area contributed by atoms with Gasteiger partial charge in [-0.05, 0) is 6.42 Å². The van der Waals surface area contributed by atoms with Gasteiger partial charge < -0.3 is 20.5 Å². The van der Waals surface area contributed by atoms with E-state index in [-0.39, 0.29) is 19.1 Å². The molecule has 0 aliphatic heterocycles. The molecule has 0 heterocycles. The molecule has 0 radical (unpaired) electrons. The molecule has 0 rings (SSSR count). The molecule has 6 heteroatoms. The molecule has 0 spiro atoms. The lowest BCUT2D eigenvalue weighted by Gasteiger charge is -2.23. The van der Waals surface area contributed by atoms with Crippen molar-refractivity contribution < 1.29 is 19.4 Å². The first-order valence-corrected chi connectivity index (χ1v) is 4.78. The van der Waals surface area contributed by atoms with Crippen molar-refractivity contribution >= 4 is 11.9 Å². The molecule has 0 fully saturated rings. The molecular weight excluding hydrogens is 200 g/mol. The van der Waals surface area contributed by atoms with Gasteiger partial charge in [0.25, 0.3) is 0 Å². The molecule has 0 aliphatic rings. The fourth-order valence-electron chi connectivity index (χ4n) is 1.19. The number of carboxylic acid groups (broad SMARTS) is 1. The zero-order valence-corrected chi connectivity index (χ0v) is 9.10. The summed E-state index contributed by atoms with van der Waals surface area (Å²) in [6, 6.07) is -0.791. The molecule has 3 N–H and O–H groups in total. The first kappa shape index (κ1) is 13.9. The van der Waals surface area contributed by atoms with E-state index in [4.69, 9.17) is 15.6 Å². The number of ether oxygens (including phenoxy) is 1. The Labute approximate surface area is 89.0 Å². The molecule has 0 aromatic heterocycles. The summed E-state index contributed by atoms with van der Waals surface area (Å²) in [6.07, 6.45) is 0.693. The van der Waals surface area contributed by atoms with Gasteiger partial charge in [-0.1, -0.05) is 6.92 Å². The zero-order valence-electron chi connectivity index (χ0n) is 9.10. The summed E-state index contributed by atoms with van der Waals surface area (Å²) in [6.45, 7) is 2.04. The van der Waals surface area contributed by atoms with Crippen molar-refractivity contribution in [2.45, 2.75) is 19.4 Å². The Morgan fingerprint density at radius 3 is 2.53 bits per heavy atom. The van der Waals surface area contributed by atoms with Gasteiger partial charge in [0.15, 0.2) is 0 Å². The van der Waals surface area contributed by atoms with Gasteiger partial charge in [-0.3, -0.25) is 9.59 Å². The Hall–Kier alpha value is -1.14. The monoisotopic (exact) mass is 218 g/mol. The second kappa shape index (κ2) is 7.19. The van der Waals surface area contributed by atoms with Gasteiger partial charge in [0.1, 0.15) is 12.6 Å². The summed E-state index contributed by atoms with van der Waals surface area (Å²) in [5, 5.41) is 8.61. The summed E-state index contributed by atoms with van der Waals surface area (Å²) < 4.78 is 4.74. The Balaban J connectivity index is 4.32. The number of aliphatic carboxylic acids is 1. The molecule has 1 atom stereocenters. The van der Waals surface area contributed by atoms with Crippen molar-refractivity contribution in [1.82, 2.24) is 4.90 Å². The van der Waals surface area contributed by atoms with Gasteiger partial charge in [0, 0.05) is 13.7 Å². The van der Waals surface area contributed by atoms with E-state index in [1.54, 1.807) is 0 Å². The highest BCUT2D eigenvalue weighted by atomic mass is 16.5. The van der Waals surface area contributed by atoms with Crippen LogP contribution in [0.3, 0.4) is 0 Å². The number of carboxylic acids is 1. The third kappa shape index (κ3) is 5.34. The number of rotatable bonds is 7. The van der Waals surface area contributed by atoms with Gasteiger partial charge >= 0.3 is 5.97 Å². The average Bonchev–Trinajstić information content (AvgIpc) is 2.16. The zero-order chi connectivity index (χ0) is 11.8. The number of carbonyl (C=O) groups excluding carboxylic acids is 1. The van der Waals surface area contributed by atoms with Gasteiger partial charge in [-0.25, -0.2) is 0 Å². The molecule has 0 aromatic rings. The average molecular weight is 218 g/mol. The van der Waals surface area contributed by atoms with E-state index in [0.717, 1.165) is 0 Å². The van der Waals surface area contributed by atoms with Crippen molar-refractivity contribution in [3.63, 3.8) is 0 Å². The first-order chi connectivity index (χ1) is 7.02. The topological polar surface area (TPSA) is 92.9 Å². The SMILES string of the molecule is CCCN(CC(=O)O)C(=O)C(N)COC. The minimum atomic E-state index is -1.04. The lowest BCUT2D eigenvalue weighted by molar-refractivity contribution is -0.145. The summed E-state index contributed by atoms with van der Waals surface area (Å²) in [5.74, 6) is -1.43. The van der Waals surface area contributed by atoms with Crippen LogP contribution < -0.4 is 5.73 Å². The summed E-state index contributed by atoms with van der Waals surface area (Å²) in [4.78, 5) is 23.3. The summed E-state index contributed by atoms with van der Waals surface area (Å²) >= 11 is 0. The fraction of sp³-hybridized carbons (Fsp3) is 0.778. The molecule has 0 aromatic carbocycles. The molecule has 6 nitrogen and oxygen atoms in total. The van der Waals surface area contributed by atoms with Gasteiger partial charge in [-0.15, -0.1) is 0 Å². The Morgan fingerprint density at radius 2 is 2.13 bits per heavy atom. The molecule has 15 heavy (non-hydrogen) atoms. The Morgan fingerprint density at radius 1 is 1.53 bits per heavy atom. The molecule has 0 saturated carbocycles. The predicted octanol–water partition coefficient (Wildman–Crippen LogP) is -0.717. The Kier molecular flexibility index (Phi) is 6.64. The van der Waals surface area contributed by atoms with Crippen LogP contribution in [0.15, 0.2) is 0 Å². The van der Waals surface area contributed by atoms with Crippen LogP contribution in [0, 0.1) is 0 Å². The quantitative estimate of drug-likeness (QED) is 0.588. The third-order valence-corrected chi connectivity index (χ3v) is 1.79. The predicted molar refractivity (Wildman–Crippen MR) is 54.4 cm³/mol.